The molecule has 1 saturated heterocycles. The molecular weight excluding hydrogens is 196 g/mol. The maximum atomic E-state index is 10.6. The highest BCUT2D eigenvalue weighted by atomic mass is 32.2. The third-order valence-corrected chi connectivity index (χ3v) is 2.41. The zero-order valence-corrected chi connectivity index (χ0v) is 8.54. The molecule has 0 amide bonds. The van der Waals surface area contributed by atoms with Crippen LogP contribution in [0.1, 0.15) is 6.42 Å². The first-order valence-electron chi connectivity index (χ1n) is 4.00. The first-order chi connectivity index (χ1) is 6.01. The SMILES string of the molecule is COC1CO[C@H](COS(C)(=O)=O)C1. The van der Waals surface area contributed by atoms with E-state index in [4.69, 9.17) is 9.47 Å². The molecule has 78 valence electrons. The van der Waals surface area contributed by atoms with Crippen LogP contribution in [0.3, 0.4) is 0 Å². The summed E-state index contributed by atoms with van der Waals surface area (Å²) in [7, 11) is -1.75. The molecule has 0 bridgehead atoms. The van der Waals surface area contributed by atoms with Gasteiger partial charge in [-0.05, 0) is 0 Å². The first-order valence-corrected chi connectivity index (χ1v) is 5.81. The van der Waals surface area contributed by atoms with E-state index in [1.807, 2.05) is 0 Å². The van der Waals surface area contributed by atoms with Crippen molar-refractivity contribution in [3.8, 4) is 0 Å². The van der Waals surface area contributed by atoms with Gasteiger partial charge in [0.1, 0.15) is 0 Å². The maximum Gasteiger partial charge on any atom is 0.264 e. The van der Waals surface area contributed by atoms with E-state index < -0.39 is 10.1 Å². The summed E-state index contributed by atoms with van der Waals surface area (Å²) < 4.78 is 36.1. The van der Waals surface area contributed by atoms with Crippen LogP contribution in [-0.4, -0.2) is 47.2 Å². The summed E-state index contributed by atoms with van der Waals surface area (Å²) in [6.45, 7) is 0.590. The van der Waals surface area contributed by atoms with Crippen LogP contribution in [0.2, 0.25) is 0 Å². The molecule has 0 aromatic carbocycles. The molecule has 0 aromatic heterocycles. The Morgan fingerprint density at radius 3 is 2.69 bits per heavy atom. The minimum absolute atomic E-state index is 0.0631. The van der Waals surface area contributed by atoms with Gasteiger partial charge in [0.05, 0.1) is 31.7 Å². The molecule has 1 unspecified atom stereocenters. The van der Waals surface area contributed by atoms with E-state index in [9.17, 15) is 8.42 Å². The Morgan fingerprint density at radius 2 is 2.23 bits per heavy atom. The van der Waals surface area contributed by atoms with Gasteiger partial charge in [0.2, 0.25) is 0 Å². The van der Waals surface area contributed by atoms with Crippen molar-refractivity contribution in [3.05, 3.63) is 0 Å². The van der Waals surface area contributed by atoms with Crippen molar-refractivity contribution in [1.29, 1.82) is 0 Å². The van der Waals surface area contributed by atoms with Gasteiger partial charge >= 0.3 is 0 Å². The molecule has 0 aliphatic carbocycles. The topological polar surface area (TPSA) is 61.8 Å². The van der Waals surface area contributed by atoms with E-state index in [0.717, 1.165) is 6.26 Å². The highest BCUT2D eigenvalue weighted by Gasteiger charge is 2.26. The predicted octanol–water partition coefficient (Wildman–Crippen LogP) is -0.233. The molecule has 5 nitrogen and oxygen atoms in total. The summed E-state index contributed by atoms with van der Waals surface area (Å²) in [5, 5.41) is 0. The van der Waals surface area contributed by atoms with Gasteiger partial charge in [0.25, 0.3) is 10.1 Å². The van der Waals surface area contributed by atoms with Crippen LogP contribution in [0.5, 0.6) is 0 Å². The summed E-state index contributed by atoms with van der Waals surface area (Å²) in [5.74, 6) is 0. The van der Waals surface area contributed by atoms with Crippen LogP contribution in [0.4, 0.5) is 0 Å². The number of ether oxygens (including phenoxy) is 2. The fourth-order valence-corrected chi connectivity index (χ4v) is 1.55. The number of hydrogen-bond acceptors (Lipinski definition) is 5. The van der Waals surface area contributed by atoms with Crippen molar-refractivity contribution < 1.29 is 22.1 Å². The van der Waals surface area contributed by atoms with Crippen molar-refractivity contribution in [2.45, 2.75) is 18.6 Å². The molecule has 0 saturated carbocycles. The Labute approximate surface area is 78.1 Å². The normalized spacial score (nSPS) is 29.4. The van der Waals surface area contributed by atoms with Crippen LogP contribution in [-0.2, 0) is 23.8 Å². The average Bonchev–Trinajstić information content (AvgIpc) is 2.47. The Bertz CT molecular complexity index is 248. The van der Waals surface area contributed by atoms with Gasteiger partial charge in [0, 0.05) is 13.5 Å². The van der Waals surface area contributed by atoms with Crippen molar-refractivity contribution in [2.75, 3.05) is 26.6 Å². The number of methoxy groups -OCH3 is 1. The molecule has 1 aliphatic rings. The molecule has 1 aliphatic heterocycles. The van der Waals surface area contributed by atoms with E-state index in [0.29, 0.717) is 13.0 Å². The maximum absolute atomic E-state index is 10.6. The van der Waals surface area contributed by atoms with E-state index in [1.54, 1.807) is 7.11 Å². The second-order valence-corrected chi connectivity index (χ2v) is 4.68. The van der Waals surface area contributed by atoms with Crippen LogP contribution in [0.25, 0.3) is 0 Å². The smallest absolute Gasteiger partial charge is 0.264 e. The molecule has 13 heavy (non-hydrogen) atoms. The fourth-order valence-electron chi connectivity index (χ4n) is 1.15. The second-order valence-electron chi connectivity index (χ2n) is 3.04. The average molecular weight is 210 g/mol. The van der Waals surface area contributed by atoms with Crippen molar-refractivity contribution >= 4 is 10.1 Å². The molecule has 0 radical (unpaired) electrons. The van der Waals surface area contributed by atoms with Gasteiger partial charge in [-0.25, -0.2) is 0 Å². The molecule has 2 atom stereocenters. The van der Waals surface area contributed by atoms with Gasteiger partial charge in [-0.3, -0.25) is 4.18 Å². The largest absolute Gasteiger partial charge is 0.379 e. The molecule has 1 fully saturated rings. The summed E-state index contributed by atoms with van der Waals surface area (Å²) in [6.07, 6.45) is 1.61. The lowest BCUT2D eigenvalue weighted by Crippen LogP contribution is -2.18. The van der Waals surface area contributed by atoms with Crippen molar-refractivity contribution in [3.63, 3.8) is 0 Å². The van der Waals surface area contributed by atoms with Gasteiger partial charge in [-0.2, -0.15) is 8.42 Å². The lowest BCUT2D eigenvalue weighted by molar-refractivity contribution is 0.0511. The van der Waals surface area contributed by atoms with Gasteiger partial charge in [0.15, 0.2) is 0 Å². The lowest BCUT2D eigenvalue weighted by atomic mass is 10.2. The van der Waals surface area contributed by atoms with E-state index in [-0.39, 0.29) is 18.8 Å². The summed E-state index contributed by atoms with van der Waals surface area (Å²) in [6, 6.07) is 0. The summed E-state index contributed by atoms with van der Waals surface area (Å²) in [4.78, 5) is 0. The van der Waals surface area contributed by atoms with Crippen LogP contribution in [0.15, 0.2) is 0 Å². The van der Waals surface area contributed by atoms with E-state index in [1.165, 1.54) is 0 Å². The van der Waals surface area contributed by atoms with Crippen LogP contribution in [0, 0.1) is 0 Å². The number of rotatable bonds is 4. The van der Waals surface area contributed by atoms with Gasteiger partial charge in [-0.1, -0.05) is 0 Å². The minimum Gasteiger partial charge on any atom is -0.379 e. The third kappa shape index (κ3) is 4.04. The molecule has 6 heteroatoms. The first kappa shape index (κ1) is 10.9. The highest BCUT2D eigenvalue weighted by molar-refractivity contribution is 7.85. The van der Waals surface area contributed by atoms with Crippen molar-refractivity contribution in [2.24, 2.45) is 0 Å². The zero-order chi connectivity index (χ0) is 9.90. The number of hydrogen-bond donors (Lipinski definition) is 0. The standard InChI is InChI=1S/C7H14O5S/c1-10-6-3-7(11-4-6)5-12-13(2,8)9/h6-7H,3-5H2,1-2H3/t6?,7-/m0/s1. The Balaban J connectivity index is 2.25. The monoisotopic (exact) mass is 210 g/mol. The minimum atomic E-state index is -3.36. The Hall–Kier alpha value is -0.170. The second kappa shape index (κ2) is 4.36. The Kier molecular flexibility index (Phi) is 3.66. The van der Waals surface area contributed by atoms with Gasteiger partial charge < -0.3 is 9.47 Å². The molecule has 0 spiro atoms. The van der Waals surface area contributed by atoms with Crippen LogP contribution >= 0.6 is 0 Å². The van der Waals surface area contributed by atoms with Crippen molar-refractivity contribution in [1.82, 2.24) is 0 Å². The quantitative estimate of drug-likeness (QED) is 0.600. The molecular formula is C7H14O5S. The fraction of sp³-hybridized carbons (Fsp3) is 1.00. The highest BCUT2D eigenvalue weighted by Crippen LogP contribution is 2.16. The van der Waals surface area contributed by atoms with E-state index >= 15 is 0 Å². The molecule has 1 heterocycles. The molecule has 0 aromatic rings. The van der Waals surface area contributed by atoms with E-state index in [2.05, 4.69) is 4.18 Å². The molecule has 1 rings (SSSR count). The lowest BCUT2D eigenvalue weighted by Gasteiger charge is -2.07. The van der Waals surface area contributed by atoms with Crippen LogP contribution < -0.4 is 0 Å². The van der Waals surface area contributed by atoms with Gasteiger partial charge in [-0.15, -0.1) is 0 Å². The summed E-state index contributed by atoms with van der Waals surface area (Å²) in [5.41, 5.74) is 0. The molecule has 0 N–H and O–H groups in total. The predicted molar refractivity (Wildman–Crippen MR) is 45.9 cm³/mol. The zero-order valence-electron chi connectivity index (χ0n) is 7.73. The Morgan fingerprint density at radius 1 is 1.54 bits per heavy atom. The third-order valence-electron chi connectivity index (χ3n) is 1.84. The summed E-state index contributed by atoms with van der Waals surface area (Å²) >= 11 is 0.